The lowest BCUT2D eigenvalue weighted by molar-refractivity contribution is -0.145. The molecule has 0 aromatic heterocycles. The predicted octanol–water partition coefficient (Wildman–Crippen LogP) is 4.26. The minimum atomic E-state index is -0.843. The van der Waals surface area contributed by atoms with Crippen LogP contribution in [0.1, 0.15) is 50.5 Å². The van der Waals surface area contributed by atoms with Crippen LogP contribution in [-0.4, -0.2) is 35.8 Å². The Hall–Kier alpha value is -1.36. The first-order valence-corrected chi connectivity index (χ1v) is 9.98. The Morgan fingerprint density at radius 2 is 2.04 bits per heavy atom. The molecule has 5 heteroatoms. The summed E-state index contributed by atoms with van der Waals surface area (Å²) >= 11 is 1.91. The van der Waals surface area contributed by atoms with Gasteiger partial charge < -0.3 is 14.6 Å². The van der Waals surface area contributed by atoms with E-state index in [0.29, 0.717) is 24.3 Å². The van der Waals surface area contributed by atoms with Crippen LogP contribution in [0.4, 0.5) is 0 Å². The summed E-state index contributed by atoms with van der Waals surface area (Å²) in [6, 6.07) is 5.71. The van der Waals surface area contributed by atoms with Crippen LogP contribution in [-0.2, 0) is 10.2 Å². The lowest BCUT2D eigenvalue weighted by Gasteiger charge is -2.35. The Morgan fingerprint density at radius 3 is 2.67 bits per heavy atom. The van der Waals surface area contributed by atoms with Crippen molar-refractivity contribution in [3.63, 3.8) is 0 Å². The number of carboxylic acid groups (broad SMARTS) is 1. The van der Waals surface area contributed by atoms with E-state index in [1.54, 1.807) is 7.11 Å². The van der Waals surface area contributed by atoms with Gasteiger partial charge >= 0.3 is 5.97 Å². The standard InChI is InChI=1S/C19H26O4S/c1-22-17-15(19(18(20)21)10-3-2-4-11-19)8-5-9-16(17)23-14-7-6-12-24-13-14/h5,8-9,14H,2-4,6-7,10-13H2,1H3,(H,20,21). The van der Waals surface area contributed by atoms with Gasteiger partial charge in [-0.3, -0.25) is 4.79 Å². The fraction of sp³-hybridized carbons (Fsp3) is 0.632. The fourth-order valence-electron chi connectivity index (χ4n) is 3.93. The second kappa shape index (κ2) is 7.68. The number of carbonyl (C=O) groups is 1. The first-order valence-electron chi connectivity index (χ1n) is 8.82. The van der Waals surface area contributed by atoms with Gasteiger partial charge in [-0.25, -0.2) is 0 Å². The Balaban J connectivity index is 1.95. The number of hydrogen-bond donors (Lipinski definition) is 1. The maximum atomic E-state index is 12.1. The van der Waals surface area contributed by atoms with Gasteiger partial charge in [-0.2, -0.15) is 11.8 Å². The first kappa shape index (κ1) is 17.5. The molecule has 1 N–H and O–H groups in total. The topological polar surface area (TPSA) is 55.8 Å². The number of methoxy groups -OCH3 is 1. The number of benzene rings is 1. The summed E-state index contributed by atoms with van der Waals surface area (Å²) in [5.41, 5.74) is -0.0669. The average Bonchev–Trinajstić information content (AvgIpc) is 2.63. The number of thioether (sulfide) groups is 1. The van der Waals surface area contributed by atoms with Crippen molar-refractivity contribution in [1.82, 2.24) is 0 Å². The Labute approximate surface area is 147 Å². The van der Waals surface area contributed by atoms with Gasteiger partial charge in [0.05, 0.1) is 12.5 Å². The number of aliphatic carboxylic acids is 1. The highest BCUT2D eigenvalue weighted by Gasteiger charge is 2.44. The van der Waals surface area contributed by atoms with E-state index in [-0.39, 0.29) is 6.10 Å². The van der Waals surface area contributed by atoms with E-state index < -0.39 is 11.4 Å². The van der Waals surface area contributed by atoms with Crippen LogP contribution in [0.3, 0.4) is 0 Å². The van der Waals surface area contributed by atoms with Crippen molar-refractivity contribution in [3.8, 4) is 11.5 Å². The van der Waals surface area contributed by atoms with E-state index >= 15 is 0 Å². The molecule has 0 bridgehead atoms. The summed E-state index contributed by atoms with van der Waals surface area (Å²) in [5.74, 6) is 2.73. The minimum absolute atomic E-state index is 0.181. The van der Waals surface area contributed by atoms with Crippen molar-refractivity contribution in [2.75, 3.05) is 18.6 Å². The highest BCUT2D eigenvalue weighted by molar-refractivity contribution is 7.99. The molecule has 132 valence electrons. The number of ether oxygens (including phenoxy) is 2. The van der Waals surface area contributed by atoms with E-state index in [1.165, 1.54) is 5.75 Å². The van der Waals surface area contributed by atoms with E-state index in [0.717, 1.165) is 43.4 Å². The highest BCUT2D eigenvalue weighted by Crippen LogP contribution is 2.47. The van der Waals surface area contributed by atoms with Crippen LogP contribution in [0.15, 0.2) is 18.2 Å². The molecular formula is C19H26O4S. The second-order valence-corrected chi connectivity index (χ2v) is 7.89. The molecule has 1 heterocycles. The van der Waals surface area contributed by atoms with Gasteiger partial charge in [0.2, 0.25) is 0 Å². The lowest BCUT2D eigenvalue weighted by Crippen LogP contribution is -2.38. The van der Waals surface area contributed by atoms with E-state index in [2.05, 4.69) is 0 Å². The van der Waals surface area contributed by atoms with Crippen LogP contribution in [0.5, 0.6) is 11.5 Å². The van der Waals surface area contributed by atoms with Crippen molar-refractivity contribution < 1.29 is 19.4 Å². The molecule has 1 aliphatic carbocycles. The monoisotopic (exact) mass is 350 g/mol. The zero-order chi connectivity index (χ0) is 17.0. The van der Waals surface area contributed by atoms with Gasteiger partial charge in [-0.05, 0) is 37.5 Å². The normalized spacial score (nSPS) is 23.5. The summed E-state index contributed by atoms with van der Waals surface area (Å²) in [5, 5.41) is 9.97. The van der Waals surface area contributed by atoms with Crippen molar-refractivity contribution >= 4 is 17.7 Å². The molecule has 1 aromatic rings. The quantitative estimate of drug-likeness (QED) is 0.860. The van der Waals surface area contributed by atoms with Gasteiger partial charge in [-0.1, -0.05) is 31.4 Å². The minimum Gasteiger partial charge on any atom is -0.493 e. The molecule has 0 amide bonds. The molecule has 1 aliphatic heterocycles. The Kier molecular flexibility index (Phi) is 5.59. The van der Waals surface area contributed by atoms with Crippen LogP contribution in [0.2, 0.25) is 0 Å². The molecule has 1 aromatic carbocycles. The number of hydrogen-bond acceptors (Lipinski definition) is 4. The summed E-state index contributed by atoms with van der Waals surface area (Å²) in [4.78, 5) is 12.1. The predicted molar refractivity (Wildman–Crippen MR) is 96.4 cm³/mol. The summed E-state index contributed by atoms with van der Waals surface area (Å²) < 4.78 is 11.8. The third-order valence-electron chi connectivity index (χ3n) is 5.23. The molecule has 0 spiro atoms. The molecule has 4 nitrogen and oxygen atoms in total. The number of carboxylic acids is 1. The largest absolute Gasteiger partial charge is 0.493 e. The van der Waals surface area contributed by atoms with Crippen LogP contribution in [0.25, 0.3) is 0 Å². The van der Waals surface area contributed by atoms with Crippen LogP contribution >= 0.6 is 11.8 Å². The van der Waals surface area contributed by atoms with Gasteiger partial charge in [0, 0.05) is 11.3 Å². The van der Waals surface area contributed by atoms with E-state index in [4.69, 9.17) is 9.47 Å². The van der Waals surface area contributed by atoms with Gasteiger partial charge in [-0.15, -0.1) is 0 Å². The molecule has 1 saturated heterocycles. The van der Waals surface area contributed by atoms with Crippen molar-refractivity contribution in [2.24, 2.45) is 0 Å². The molecule has 2 aliphatic rings. The number of rotatable bonds is 5. The van der Waals surface area contributed by atoms with Gasteiger partial charge in [0.15, 0.2) is 11.5 Å². The lowest BCUT2D eigenvalue weighted by atomic mass is 9.69. The van der Waals surface area contributed by atoms with Crippen LogP contribution < -0.4 is 9.47 Å². The average molecular weight is 350 g/mol. The van der Waals surface area contributed by atoms with Gasteiger partial charge in [0.1, 0.15) is 6.10 Å². The Morgan fingerprint density at radius 1 is 1.25 bits per heavy atom. The van der Waals surface area contributed by atoms with E-state index in [9.17, 15) is 9.90 Å². The molecule has 0 radical (unpaired) electrons. The summed E-state index contributed by atoms with van der Waals surface area (Å²) in [6.07, 6.45) is 6.72. The molecule has 1 unspecified atom stereocenters. The summed E-state index contributed by atoms with van der Waals surface area (Å²) in [6.45, 7) is 0. The highest BCUT2D eigenvalue weighted by atomic mass is 32.2. The first-order chi connectivity index (χ1) is 11.7. The second-order valence-electron chi connectivity index (χ2n) is 6.74. The molecular weight excluding hydrogens is 324 g/mol. The third kappa shape index (κ3) is 3.37. The molecule has 1 saturated carbocycles. The van der Waals surface area contributed by atoms with Crippen molar-refractivity contribution in [2.45, 2.75) is 56.5 Å². The van der Waals surface area contributed by atoms with Crippen LogP contribution in [0, 0.1) is 0 Å². The smallest absolute Gasteiger partial charge is 0.314 e. The molecule has 24 heavy (non-hydrogen) atoms. The number of para-hydroxylation sites is 1. The maximum Gasteiger partial charge on any atom is 0.314 e. The fourth-order valence-corrected chi connectivity index (χ4v) is 4.97. The van der Waals surface area contributed by atoms with E-state index in [1.807, 2.05) is 30.0 Å². The molecule has 2 fully saturated rings. The zero-order valence-corrected chi connectivity index (χ0v) is 15.1. The molecule has 1 atom stereocenters. The Bertz CT molecular complexity index is 575. The summed E-state index contributed by atoms with van der Waals surface area (Å²) in [7, 11) is 1.61. The SMILES string of the molecule is COc1c(OC2CCCSC2)cccc1C1(C(=O)O)CCCCC1. The van der Waals surface area contributed by atoms with Gasteiger partial charge in [0.25, 0.3) is 0 Å². The molecule has 3 rings (SSSR count). The van der Waals surface area contributed by atoms with Crippen molar-refractivity contribution in [1.29, 1.82) is 0 Å². The maximum absolute atomic E-state index is 12.1. The zero-order valence-electron chi connectivity index (χ0n) is 14.3. The third-order valence-corrected chi connectivity index (χ3v) is 6.41. The van der Waals surface area contributed by atoms with Crippen molar-refractivity contribution in [3.05, 3.63) is 23.8 Å².